The molecule has 4 heteroatoms. The van der Waals surface area contributed by atoms with E-state index in [0.717, 1.165) is 16.6 Å². The van der Waals surface area contributed by atoms with E-state index in [4.69, 9.17) is 5.26 Å². The zero-order valence-electron chi connectivity index (χ0n) is 11.1. The summed E-state index contributed by atoms with van der Waals surface area (Å²) in [6, 6.07) is 14.5. The van der Waals surface area contributed by atoms with Crippen molar-refractivity contribution in [3.63, 3.8) is 0 Å². The Balaban J connectivity index is 2.06. The van der Waals surface area contributed by atoms with E-state index in [1.807, 2.05) is 31.3 Å². The molecule has 0 heterocycles. The predicted molar refractivity (Wildman–Crippen MR) is 80.4 cm³/mol. The molecule has 0 unspecified atom stereocenters. The lowest BCUT2D eigenvalue weighted by Crippen LogP contribution is -2.17. The van der Waals surface area contributed by atoms with Crippen molar-refractivity contribution in [2.45, 2.75) is 13.1 Å². The largest absolute Gasteiger partial charge is 0.298 e. The summed E-state index contributed by atoms with van der Waals surface area (Å²) < 4.78 is 14.4. The van der Waals surface area contributed by atoms with Gasteiger partial charge in [0.2, 0.25) is 0 Å². The standard InChI is InChI=1S/C16H14BrFN2/c1-20(10-12-3-2-4-15(17)6-12)11-14-5-13(9-19)7-16(18)8-14/h2-8H,10-11H2,1H3. The Kier molecular flexibility index (Phi) is 4.89. The second-order valence-corrected chi connectivity index (χ2v) is 5.68. The first kappa shape index (κ1) is 14.7. The minimum absolute atomic E-state index is 0.357. The van der Waals surface area contributed by atoms with Crippen LogP contribution in [-0.2, 0) is 13.1 Å². The molecule has 0 saturated carbocycles. The van der Waals surface area contributed by atoms with Gasteiger partial charge in [-0.25, -0.2) is 4.39 Å². The van der Waals surface area contributed by atoms with E-state index in [1.165, 1.54) is 17.7 Å². The summed E-state index contributed by atoms with van der Waals surface area (Å²) in [5.41, 5.74) is 2.34. The van der Waals surface area contributed by atoms with Gasteiger partial charge in [-0.05, 0) is 48.5 Å². The monoisotopic (exact) mass is 332 g/mol. The van der Waals surface area contributed by atoms with E-state index in [0.29, 0.717) is 12.1 Å². The third-order valence-electron chi connectivity index (χ3n) is 2.88. The molecule has 2 aromatic rings. The van der Waals surface area contributed by atoms with Crippen LogP contribution in [0.4, 0.5) is 4.39 Å². The summed E-state index contributed by atoms with van der Waals surface area (Å²) in [6.45, 7) is 1.36. The average molecular weight is 333 g/mol. The Morgan fingerprint density at radius 1 is 1.15 bits per heavy atom. The van der Waals surface area contributed by atoms with Gasteiger partial charge in [-0.15, -0.1) is 0 Å². The minimum Gasteiger partial charge on any atom is -0.298 e. The van der Waals surface area contributed by atoms with Crippen LogP contribution in [-0.4, -0.2) is 11.9 Å². The average Bonchev–Trinajstić information content (AvgIpc) is 2.37. The maximum atomic E-state index is 13.4. The van der Waals surface area contributed by atoms with Gasteiger partial charge < -0.3 is 0 Å². The van der Waals surface area contributed by atoms with Gasteiger partial charge in [0.15, 0.2) is 0 Å². The Morgan fingerprint density at radius 2 is 1.90 bits per heavy atom. The maximum Gasteiger partial charge on any atom is 0.124 e. The van der Waals surface area contributed by atoms with Gasteiger partial charge >= 0.3 is 0 Å². The second kappa shape index (κ2) is 6.65. The van der Waals surface area contributed by atoms with Gasteiger partial charge in [-0.2, -0.15) is 5.26 Å². The molecule has 0 fully saturated rings. The molecule has 0 radical (unpaired) electrons. The van der Waals surface area contributed by atoms with Gasteiger partial charge in [-0.1, -0.05) is 28.1 Å². The Hall–Kier alpha value is -1.70. The van der Waals surface area contributed by atoms with Gasteiger partial charge in [0.25, 0.3) is 0 Å². The fourth-order valence-corrected chi connectivity index (χ4v) is 2.57. The molecule has 0 N–H and O–H groups in total. The molecule has 0 aliphatic rings. The van der Waals surface area contributed by atoms with Crippen molar-refractivity contribution in [3.8, 4) is 6.07 Å². The Bertz CT molecular complexity index is 649. The number of benzene rings is 2. The third kappa shape index (κ3) is 4.16. The van der Waals surface area contributed by atoms with Crippen molar-refractivity contribution in [3.05, 3.63) is 69.4 Å². The Labute approximate surface area is 126 Å². The highest BCUT2D eigenvalue weighted by Gasteiger charge is 2.05. The molecule has 0 saturated heterocycles. The van der Waals surface area contributed by atoms with Crippen LogP contribution in [0.2, 0.25) is 0 Å². The molecule has 0 spiro atoms. The first-order valence-electron chi connectivity index (χ1n) is 6.19. The number of halogens is 2. The molecule has 0 aliphatic carbocycles. The zero-order valence-corrected chi connectivity index (χ0v) is 12.7. The normalized spacial score (nSPS) is 10.6. The van der Waals surface area contributed by atoms with E-state index >= 15 is 0 Å². The predicted octanol–water partition coefficient (Wildman–Crippen LogP) is 4.09. The van der Waals surface area contributed by atoms with Crippen LogP contribution in [0.25, 0.3) is 0 Å². The fourth-order valence-electron chi connectivity index (χ4n) is 2.12. The van der Waals surface area contributed by atoms with Gasteiger partial charge in [0.05, 0.1) is 11.6 Å². The lowest BCUT2D eigenvalue weighted by Gasteiger charge is -2.17. The fraction of sp³-hybridized carbons (Fsp3) is 0.188. The van der Waals surface area contributed by atoms with Crippen LogP contribution >= 0.6 is 15.9 Å². The zero-order chi connectivity index (χ0) is 14.5. The third-order valence-corrected chi connectivity index (χ3v) is 3.37. The smallest absolute Gasteiger partial charge is 0.124 e. The van der Waals surface area contributed by atoms with Crippen LogP contribution in [0.1, 0.15) is 16.7 Å². The highest BCUT2D eigenvalue weighted by molar-refractivity contribution is 9.10. The van der Waals surface area contributed by atoms with Crippen LogP contribution in [0.5, 0.6) is 0 Å². The van der Waals surface area contributed by atoms with E-state index in [1.54, 1.807) is 6.07 Å². The van der Waals surface area contributed by atoms with Crippen molar-refractivity contribution in [1.82, 2.24) is 4.90 Å². The first-order chi connectivity index (χ1) is 9.56. The number of hydrogen-bond acceptors (Lipinski definition) is 2. The van der Waals surface area contributed by atoms with Crippen LogP contribution in [0.15, 0.2) is 46.9 Å². The van der Waals surface area contributed by atoms with Crippen molar-refractivity contribution in [2.75, 3.05) is 7.05 Å². The van der Waals surface area contributed by atoms with Crippen LogP contribution in [0, 0.1) is 17.1 Å². The van der Waals surface area contributed by atoms with Crippen molar-refractivity contribution < 1.29 is 4.39 Å². The van der Waals surface area contributed by atoms with E-state index in [-0.39, 0.29) is 5.82 Å². The molecule has 102 valence electrons. The summed E-state index contributed by atoms with van der Waals surface area (Å²) in [5, 5.41) is 8.85. The molecule has 0 amide bonds. The highest BCUT2D eigenvalue weighted by Crippen LogP contribution is 2.15. The van der Waals surface area contributed by atoms with E-state index in [9.17, 15) is 4.39 Å². The number of nitriles is 1. The van der Waals surface area contributed by atoms with E-state index < -0.39 is 0 Å². The topological polar surface area (TPSA) is 27.0 Å². The molecule has 0 aliphatic heterocycles. The van der Waals surface area contributed by atoms with Crippen molar-refractivity contribution >= 4 is 15.9 Å². The van der Waals surface area contributed by atoms with Crippen LogP contribution < -0.4 is 0 Å². The van der Waals surface area contributed by atoms with Gasteiger partial charge in [0.1, 0.15) is 5.82 Å². The lowest BCUT2D eigenvalue weighted by molar-refractivity contribution is 0.318. The SMILES string of the molecule is CN(Cc1cccc(Br)c1)Cc1cc(F)cc(C#N)c1. The van der Waals surface area contributed by atoms with Crippen molar-refractivity contribution in [1.29, 1.82) is 5.26 Å². The van der Waals surface area contributed by atoms with Gasteiger partial charge in [0, 0.05) is 17.6 Å². The summed E-state index contributed by atoms with van der Waals surface area (Å²) in [5.74, 6) is -0.366. The second-order valence-electron chi connectivity index (χ2n) is 4.76. The molecule has 0 aromatic heterocycles. The molecule has 2 rings (SSSR count). The molecular weight excluding hydrogens is 319 g/mol. The molecule has 20 heavy (non-hydrogen) atoms. The summed E-state index contributed by atoms with van der Waals surface area (Å²) in [7, 11) is 1.97. The summed E-state index contributed by atoms with van der Waals surface area (Å²) in [6.07, 6.45) is 0. The molecular formula is C16H14BrFN2. The lowest BCUT2D eigenvalue weighted by atomic mass is 10.1. The van der Waals surface area contributed by atoms with Crippen molar-refractivity contribution in [2.24, 2.45) is 0 Å². The quantitative estimate of drug-likeness (QED) is 0.843. The molecule has 0 bridgehead atoms. The molecule has 2 aromatic carbocycles. The molecule has 2 nitrogen and oxygen atoms in total. The van der Waals surface area contributed by atoms with E-state index in [2.05, 4.69) is 26.9 Å². The van der Waals surface area contributed by atoms with Gasteiger partial charge in [-0.3, -0.25) is 4.90 Å². The first-order valence-corrected chi connectivity index (χ1v) is 6.98. The number of nitrogens with zero attached hydrogens (tertiary/aromatic N) is 2. The molecule has 0 atom stereocenters. The summed E-state index contributed by atoms with van der Waals surface area (Å²) >= 11 is 3.44. The Morgan fingerprint density at radius 3 is 2.60 bits per heavy atom. The number of rotatable bonds is 4. The summed E-state index contributed by atoms with van der Waals surface area (Å²) in [4.78, 5) is 2.08. The van der Waals surface area contributed by atoms with Crippen LogP contribution in [0.3, 0.4) is 0 Å². The maximum absolute atomic E-state index is 13.4. The highest BCUT2D eigenvalue weighted by atomic mass is 79.9. The minimum atomic E-state index is -0.366. The number of hydrogen-bond donors (Lipinski definition) is 0.